The van der Waals surface area contributed by atoms with E-state index in [1.165, 1.54) is 24.2 Å². The van der Waals surface area contributed by atoms with Gasteiger partial charge in [-0.05, 0) is 12.8 Å². The lowest BCUT2D eigenvalue weighted by molar-refractivity contribution is -0.138. The highest BCUT2D eigenvalue weighted by Crippen LogP contribution is 2.29. The summed E-state index contributed by atoms with van der Waals surface area (Å²) in [5, 5.41) is 11.5. The summed E-state index contributed by atoms with van der Waals surface area (Å²) in [5.41, 5.74) is 6.02. The second kappa shape index (κ2) is 5.07. The van der Waals surface area contributed by atoms with Crippen LogP contribution in [0.5, 0.6) is 0 Å². The molecular formula is C12H18N4O2S. The predicted octanol–water partition coefficient (Wildman–Crippen LogP) is 0.512. The highest BCUT2D eigenvalue weighted by atomic mass is 32.1. The number of piperazine rings is 1. The Morgan fingerprint density at radius 2 is 2.11 bits per heavy atom. The first-order valence-corrected chi connectivity index (χ1v) is 7.46. The van der Waals surface area contributed by atoms with Gasteiger partial charge in [0, 0.05) is 37.6 Å². The van der Waals surface area contributed by atoms with Crippen LogP contribution in [0.4, 0.5) is 5.13 Å². The second-order valence-electron chi connectivity index (χ2n) is 5.13. The van der Waals surface area contributed by atoms with Crippen molar-refractivity contribution in [3.05, 3.63) is 11.1 Å². The summed E-state index contributed by atoms with van der Waals surface area (Å²) in [7, 11) is 0. The van der Waals surface area contributed by atoms with Crippen molar-refractivity contribution in [3.8, 4) is 0 Å². The van der Waals surface area contributed by atoms with Gasteiger partial charge in [0.2, 0.25) is 0 Å². The summed E-state index contributed by atoms with van der Waals surface area (Å²) >= 11 is 1.48. The van der Waals surface area contributed by atoms with E-state index in [9.17, 15) is 4.79 Å². The van der Waals surface area contributed by atoms with Crippen molar-refractivity contribution < 1.29 is 9.90 Å². The van der Waals surface area contributed by atoms with Crippen molar-refractivity contribution in [2.45, 2.75) is 24.9 Å². The van der Waals surface area contributed by atoms with Gasteiger partial charge in [-0.1, -0.05) is 0 Å². The van der Waals surface area contributed by atoms with E-state index in [4.69, 9.17) is 10.8 Å². The molecule has 104 valence electrons. The number of carboxylic acids is 1. The lowest BCUT2D eigenvalue weighted by Gasteiger charge is -2.34. The van der Waals surface area contributed by atoms with Crippen LogP contribution in [0.3, 0.4) is 0 Å². The zero-order valence-corrected chi connectivity index (χ0v) is 11.5. The van der Waals surface area contributed by atoms with E-state index in [1.54, 1.807) is 5.38 Å². The minimum absolute atomic E-state index is 0.456. The summed E-state index contributed by atoms with van der Waals surface area (Å²) in [6.07, 6.45) is 2.68. The molecule has 1 atom stereocenters. The molecule has 0 radical (unpaired) electrons. The monoisotopic (exact) mass is 282 g/mol. The maximum absolute atomic E-state index is 10.8. The molecule has 1 unspecified atom stereocenters. The number of carbonyl (C=O) groups is 1. The molecule has 19 heavy (non-hydrogen) atoms. The van der Waals surface area contributed by atoms with Crippen molar-refractivity contribution in [1.29, 1.82) is 0 Å². The Morgan fingerprint density at radius 3 is 2.68 bits per heavy atom. The Morgan fingerprint density at radius 1 is 1.42 bits per heavy atom. The Labute approximate surface area is 115 Å². The average molecular weight is 282 g/mol. The van der Waals surface area contributed by atoms with E-state index in [0.29, 0.717) is 5.69 Å². The van der Waals surface area contributed by atoms with E-state index in [-0.39, 0.29) is 0 Å². The fourth-order valence-corrected chi connectivity index (χ4v) is 3.32. The molecule has 2 fully saturated rings. The van der Waals surface area contributed by atoms with Gasteiger partial charge in [-0.2, -0.15) is 0 Å². The largest absolute Gasteiger partial charge is 0.480 e. The minimum Gasteiger partial charge on any atom is -0.480 e. The molecule has 1 saturated carbocycles. The number of hydrogen-bond acceptors (Lipinski definition) is 6. The van der Waals surface area contributed by atoms with Crippen LogP contribution >= 0.6 is 11.3 Å². The molecule has 1 aromatic heterocycles. The molecule has 0 amide bonds. The number of rotatable bonds is 4. The molecule has 0 bridgehead atoms. The third-order valence-electron chi connectivity index (χ3n) is 3.74. The average Bonchev–Trinajstić information content (AvgIpc) is 3.15. The highest BCUT2D eigenvalue weighted by Gasteiger charge is 2.31. The highest BCUT2D eigenvalue weighted by molar-refractivity contribution is 7.13. The van der Waals surface area contributed by atoms with Gasteiger partial charge in [0.05, 0.1) is 5.69 Å². The van der Waals surface area contributed by atoms with Crippen molar-refractivity contribution in [3.63, 3.8) is 0 Å². The van der Waals surface area contributed by atoms with Crippen LogP contribution in [0.15, 0.2) is 5.38 Å². The van der Waals surface area contributed by atoms with Gasteiger partial charge >= 0.3 is 5.97 Å². The summed E-state index contributed by atoms with van der Waals surface area (Å²) < 4.78 is 0. The van der Waals surface area contributed by atoms with Gasteiger partial charge in [0.15, 0.2) is 5.13 Å². The first-order valence-electron chi connectivity index (χ1n) is 6.58. The fraction of sp³-hybridized carbons (Fsp3) is 0.667. The predicted molar refractivity (Wildman–Crippen MR) is 73.5 cm³/mol. The van der Waals surface area contributed by atoms with E-state index in [0.717, 1.165) is 37.4 Å². The van der Waals surface area contributed by atoms with Crippen LogP contribution in [-0.2, 0) is 4.79 Å². The SMILES string of the molecule is NC(C(=O)O)c1csc(N2CCN(C3CC3)CC2)n1. The first kappa shape index (κ1) is 12.8. The molecule has 1 aromatic rings. The zero-order chi connectivity index (χ0) is 13.4. The van der Waals surface area contributed by atoms with Gasteiger partial charge in [0.1, 0.15) is 6.04 Å². The van der Waals surface area contributed by atoms with Gasteiger partial charge in [-0.25, -0.2) is 4.98 Å². The van der Waals surface area contributed by atoms with E-state index in [1.807, 2.05) is 0 Å². The van der Waals surface area contributed by atoms with Crippen LogP contribution in [0.1, 0.15) is 24.6 Å². The van der Waals surface area contributed by atoms with E-state index < -0.39 is 12.0 Å². The van der Waals surface area contributed by atoms with Gasteiger partial charge in [0.25, 0.3) is 0 Å². The van der Waals surface area contributed by atoms with Gasteiger partial charge in [-0.15, -0.1) is 11.3 Å². The van der Waals surface area contributed by atoms with Crippen LogP contribution in [0.25, 0.3) is 0 Å². The number of aromatic nitrogens is 1. The molecule has 1 aliphatic heterocycles. The number of thiazole rings is 1. The number of hydrogen-bond donors (Lipinski definition) is 2. The number of carboxylic acid groups (broad SMARTS) is 1. The molecule has 2 aliphatic rings. The van der Waals surface area contributed by atoms with Crippen molar-refractivity contribution >= 4 is 22.4 Å². The molecule has 6 nitrogen and oxygen atoms in total. The smallest absolute Gasteiger partial charge is 0.326 e. The van der Waals surface area contributed by atoms with Crippen LogP contribution in [0.2, 0.25) is 0 Å². The molecule has 7 heteroatoms. The normalized spacial score (nSPS) is 22.5. The lowest BCUT2D eigenvalue weighted by atomic mass is 10.2. The molecule has 2 heterocycles. The summed E-state index contributed by atoms with van der Waals surface area (Å²) in [6.45, 7) is 4.08. The van der Waals surface area contributed by atoms with E-state index >= 15 is 0 Å². The third-order valence-corrected chi connectivity index (χ3v) is 4.66. The van der Waals surface area contributed by atoms with Gasteiger partial charge in [-0.3, -0.25) is 9.69 Å². The number of aliphatic carboxylic acids is 1. The summed E-state index contributed by atoms with van der Waals surface area (Å²) in [4.78, 5) is 19.9. The lowest BCUT2D eigenvalue weighted by Crippen LogP contribution is -2.47. The fourth-order valence-electron chi connectivity index (χ4n) is 2.41. The van der Waals surface area contributed by atoms with E-state index in [2.05, 4.69) is 14.8 Å². The van der Waals surface area contributed by atoms with Crippen LogP contribution in [-0.4, -0.2) is 53.2 Å². The Balaban J connectivity index is 1.62. The van der Waals surface area contributed by atoms with Gasteiger partial charge < -0.3 is 15.7 Å². The minimum atomic E-state index is -1.03. The summed E-state index contributed by atoms with van der Waals surface area (Å²) in [6, 6.07) is -0.202. The van der Waals surface area contributed by atoms with Crippen molar-refractivity contribution in [1.82, 2.24) is 9.88 Å². The standard InChI is InChI=1S/C12H18N4O2S/c13-10(11(17)18)9-7-19-12(14-9)16-5-3-15(4-6-16)8-1-2-8/h7-8,10H,1-6,13H2,(H,17,18). The second-order valence-corrected chi connectivity index (χ2v) is 5.96. The number of anilines is 1. The Hall–Kier alpha value is -1.18. The quantitative estimate of drug-likeness (QED) is 0.837. The molecule has 1 saturated heterocycles. The molecule has 1 aliphatic carbocycles. The third kappa shape index (κ3) is 2.72. The Kier molecular flexibility index (Phi) is 3.42. The Bertz CT molecular complexity index is 466. The summed E-state index contributed by atoms with van der Waals surface area (Å²) in [5.74, 6) is -1.03. The van der Waals surface area contributed by atoms with Crippen molar-refractivity contribution in [2.75, 3.05) is 31.1 Å². The number of nitrogens with two attached hydrogens (primary N) is 1. The molecule has 0 spiro atoms. The molecule has 3 N–H and O–H groups in total. The maximum atomic E-state index is 10.8. The maximum Gasteiger partial charge on any atom is 0.326 e. The van der Waals surface area contributed by atoms with Crippen LogP contribution in [0, 0.1) is 0 Å². The topological polar surface area (TPSA) is 82.7 Å². The molecule has 0 aromatic carbocycles. The first-order chi connectivity index (χ1) is 9.15. The number of nitrogens with zero attached hydrogens (tertiary/aromatic N) is 3. The van der Waals surface area contributed by atoms with Crippen molar-refractivity contribution in [2.24, 2.45) is 5.73 Å². The zero-order valence-electron chi connectivity index (χ0n) is 10.7. The van der Waals surface area contributed by atoms with Crippen LogP contribution < -0.4 is 10.6 Å². The molecule has 3 rings (SSSR count). The molecular weight excluding hydrogens is 264 g/mol.